The molecule has 0 aliphatic carbocycles. The summed E-state index contributed by atoms with van der Waals surface area (Å²) in [5, 5.41) is 0. The molecule has 1 aliphatic heterocycles. The van der Waals surface area contributed by atoms with Crippen LogP contribution in [0, 0.1) is 5.92 Å². The summed E-state index contributed by atoms with van der Waals surface area (Å²) in [5.74, 6) is -0.558. The maximum atomic E-state index is 12.1. The molecule has 0 saturated heterocycles. The number of likely N-dealkylation sites (N-methyl/N-ethyl adjacent to an activating group) is 1. The van der Waals surface area contributed by atoms with Gasteiger partial charge in [0.1, 0.15) is 0 Å². The van der Waals surface area contributed by atoms with Crippen LogP contribution in [0.1, 0.15) is 46.5 Å². The molecule has 19 heavy (non-hydrogen) atoms. The molecule has 0 spiro atoms. The number of ketones is 1. The fourth-order valence-electron chi connectivity index (χ4n) is 2.13. The number of nitrogens with zero attached hydrogens (tertiary/aromatic N) is 1. The van der Waals surface area contributed by atoms with Crippen molar-refractivity contribution in [3.8, 4) is 0 Å². The van der Waals surface area contributed by atoms with Gasteiger partial charge in [-0.3, -0.25) is 19.3 Å². The Bertz CT molecular complexity index is 563. The van der Waals surface area contributed by atoms with Crippen molar-refractivity contribution in [2.75, 3.05) is 7.05 Å². The molecule has 0 N–H and O–H groups in total. The Labute approximate surface area is 112 Å². The van der Waals surface area contributed by atoms with Crippen LogP contribution in [0.15, 0.2) is 18.2 Å². The van der Waals surface area contributed by atoms with Gasteiger partial charge in [-0.2, -0.15) is 0 Å². The summed E-state index contributed by atoms with van der Waals surface area (Å²) in [6.07, 6.45) is 0.984. The minimum atomic E-state index is -0.329. The first-order valence-corrected chi connectivity index (χ1v) is 6.43. The Balaban J connectivity index is 2.42. The Morgan fingerprint density at radius 1 is 1.37 bits per heavy atom. The monoisotopic (exact) mass is 259 g/mol. The van der Waals surface area contributed by atoms with Crippen molar-refractivity contribution >= 4 is 17.6 Å². The average Bonchev–Trinajstić information content (AvgIpc) is 2.43. The van der Waals surface area contributed by atoms with Crippen LogP contribution in [-0.2, 0) is 11.2 Å². The van der Waals surface area contributed by atoms with Gasteiger partial charge in [0.15, 0.2) is 5.78 Å². The van der Waals surface area contributed by atoms with Crippen molar-refractivity contribution in [3.05, 3.63) is 34.9 Å². The highest BCUT2D eigenvalue weighted by atomic mass is 16.2. The van der Waals surface area contributed by atoms with Gasteiger partial charge in [-0.05, 0) is 18.1 Å². The molecule has 1 atom stereocenters. The third kappa shape index (κ3) is 2.30. The summed E-state index contributed by atoms with van der Waals surface area (Å²) >= 11 is 0. The standard InChI is InChI=1S/C15H17NO3/c1-4-9(2)14(18)11-6-5-10-8-13(17)16(3)15(19)12(10)7-11/h5-7,9H,4,8H2,1-3H3. The quantitative estimate of drug-likeness (QED) is 0.617. The van der Waals surface area contributed by atoms with E-state index < -0.39 is 0 Å². The maximum Gasteiger partial charge on any atom is 0.260 e. The largest absolute Gasteiger partial charge is 0.294 e. The summed E-state index contributed by atoms with van der Waals surface area (Å²) in [6.45, 7) is 3.83. The molecule has 0 bridgehead atoms. The second-order valence-electron chi connectivity index (χ2n) is 4.98. The van der Waals surface area contributed by atoms with Gasteiger partial charge < -0.3 is 0 Å². The molecule has 4 nitrogen and oxygen atoms in total. The van der Waals surface area contributed by atoms with Gasteiger partial charge in [0, 0.05) is 24.1 Å². The van der Waals surface area contributed by atoms with E-state index in [1.165, 1.54) is 7.05 Å². The van der Waals surface area contributed by atoms with E-state index in [0.29, 0.717) is 16.7 Å². The smallest absolute Gasteiger partial charge is 0.260 e. The molecule has 0 aromatic heterocycles. The van der Waals surface area contributed by atoms with Crippen LogP contribution in [0.4, 0.5) is 0 Å². The molecule has 1 aliphatic rings. The van der Waals surface area contributed by atoms with E-state index in [4.69, 9.17) is 0 Å². The van der Waals surface area contributed by atoms with E-state index in [-0.39, 0.29) is 29.9 Å². The highest BCUT2D eigenvalue weighted by Gasteiger charge is 2.28. The normalized spacial score (nSPS) is 16.3. The molecule has 2 rings (SSSR count). The summed E-state index contributed by atoms with van der Waals surface area (Å²) in [5.41, 5.74) is 1.72. The predicted octanol–water partition coefficient (Wildman–Crippen LogP) is 2.07. The zero-order valence-corrected chi connectivity index (χ0v) is 11.4. The van der Waals surface area contributed by atoms with E-state index in [1.807, 2.05) is 13.8 Å². The Kier molecular flexibility index (Phi) is 3.51. The molecule has 0 radical (unpaired) electrons. The second kappa shape index (κ2) is 4.96. The van der Waals surface area contributed by atoms with Gasteiger partial charge >= 0.3 is 0 Å². The van der Waals surface area contributed by atoms with Crippen molar-refractivity contribution in [2.45, 2.75) is 26.7 Å². The lowest BCUT2D eigenvalue weighted by Crippen LogP contribution is -2.39. The molecular weight excluding hydrogens is 242 g/mol. The Morgan fingerprint density at radius 2 is 2.05 bits per heavy atom. The minimum Gasteiger partial charge on any atom is -0.294 e. The second-order valence-corrected chi connectivity index (χ2v) is 4.98. The van der Waals surface area contributed by atoms with Gasteiger partial charge in [-0.15, -0.1) is 0 Å². The van der Waals surface area contributed by atoms with Crippen LogP contribution in [0.5, 0.6) is 0 Å². The fraction of sp³-hybridized carbons (Fsp3) is 0.400. The molecule has 0 fully saturated rings. The zero-order chi connectivity index (χ0) is 14.2. The van der Waals surface area contributed by atoms with E-state index in [2.05, 4.69) is 0 Å². The first kappa shape index (κ1) is 13.5. The first-order valence-electron chi connectivity index (χ1n) is 6.43. The Hall–Kier alpha value is -1.97. The van der Waals surface area contributed by atoms with Gasteiger partial charge in [0.25, 0.3) is 5.91 Å². The van der Waals surface area contributed by atoms with E-state index >= 15 is 0 Å². The number of hydrogen-bond donors (Lipinski definition) is 0. The third-order valence-electron chi connectivity index (χ3n) is 3.71. The number of carbonyl (C=O) groups excluding carboxylic acids is 3. The van der Waals surface area contributed by atoms with Crippen molar-refractivity contribution in [1.29, 1.82) is 0 Å². The van der Waals surface area contributed by atoms with E-state index in [0.717, 1.165) is 11.3 Å². The summed E-state index contributed by atoms with van der Waals surface area (Å²) < 4.78 is 0. The molecule has 2 amide bonds. The lowest BCUT2D eigenvalue weighted by molar-refractivity contribution is -0.127. The number of imide groups is 1. The molecule has 4 heteroatoms. The lowest BCUT2D eigenvalue weighted by Gasteiger charge is -2.23. The maximum absolute atomic E-state index is 12.1. The van der Waals surface area contributed by atoms with Gasteiger partial charge in [0.05, 0.1) is 6.42 Å². The first-order chi connectivity index (χ1) is 8.95. The number of rotatable bonds is 3. The fourth-order valence-corrected chi connectivity index (χ4v) is 2.13. The molecule has 1 aromatic rings. The molecule has 1 aromatic carbocycles. The van der Waals surface area contributed by atoms with Crippen LogP contribution in [0.3, 0.4) is 0 Å². The van der Waals surface area contributed by atoms with Gasteiger partial charge in [-0.25, -0.2) is 0 Å². The minimum absolute atomic E-state index is 0.0395. The molecule has 0 saturated carbocycles. The number of carbonyl (C=O) groups is 3. The average molecular weight is 259 g/mol. The number of fused-ring (bicyclic) bond motifs is 1. The van der Waals surface area contributed by atoms with E-state index in [9.17, 15) is 14.4 Å². The summed E-state index contributed by atoms with van der Waals surface area (Å²) in [7, 11) is 1.47. The summed E-state index contributed by atoms with van der Waals surface area (Å²) in [6, 6.07) is 5.04. The van der Waals surface area contributed by atoms with Gasteiger partial charge in [-0.1, -0.05) is 26.0 Å². The number of amides is 2. The SMILES string of the molecule is CCC(C)C(=O)c1ccc2c(c1)C(=O)N(C)C(=O)C2. The van der Waals surface area contributed by atoms with Crippen molar-refractivity contribution in [3.63, 3.8) is 0 Å². The van der Waals surface area contributed by atoms with Crippen LogP contribution >= 0.6 is 0 Å². The predicted molar refractivity (Wildman–Crippen MR) is 71.0 cm³/mol. The van der Waals surface area contributed by atoms with Crippen LogP contribution in [0.25, 0.3) is 0 Å². The third-order valence-corrected chi connectivity index (χ3v) is 3.71. The molecule has 1 unspecified atom stereocenters. The van der Waals surface area contributed by atoms with Crippen LogP contribution < -0.4 is 0 Å². The number of benzene rings is 1. The van der Waals surface area contributed by atoms with Crippen LogP contribution in [0.2, 0.25) is 0 Å². The topological polar surface area (TPSA) is 54.5 Å². The highest BCUT2D eigenvalue weighted by Crippen LogP contribution is 2.22. The van der Waals surface area contributed by atoms with Crippen molar-refractivity contribution in [2.24, 2.45) is 5.92 Å². The van der Waals surface area contributed by atoms with Crippen molar-refractivity contribution < 1.29 is 14.4 Å². The van der Waals surface area contributed by atoms with E-state index in [1.54, 1.807) is 18.2 Å². The number of hydrogen-bond acceptors (Lipinski definition) is 3. The highest BCUT2D eigenvalue weighted by molar-refractivity contribution is 6.10. The number of Topliss-reactive ketones (excluding diaryl/α,β-unsaturated/α-hetero) is 1. The van der Waals surface area contributed by atoms with Gasteiger partial charge in [0.2, 0.25) is 5.91 Å². The van der Waals surface area contributed by atoms with Crippen molar-refractivity contribution in [1.82, 2.24) is 4.90 Å². The van der Waals surface area contributed by atoms with Crippen LogP contribution in [-0.4, -0.2) is 29.5 Å². The summed E-state index contributed by atoms with van der Waals surface area (Å²) in [4.78, 5) is 36.8. The molecule has 1 heterocycles. The molecular formula is C15H17NO3. The lowest BCUT2D eigenvalue weighted by atomic mass is 9.91. The zero-order valence-electron chi connectivity index (χ0n) is 11.4. The Morgan fingerprint density at radius 3 is 2.68 bits per heavy atom. The molecule has 100 valence electrons.